The van der Waals surface area contributed by atoms with Crippen molar-refractivity contribution < 1.29 is 0 Å². The average molecular weight is 381 g/mol. The van der Waals surface area contributed by atoms with Gasteiger partial charge in [-0.05, 0) is 24.8 Å². The molecule has 1 fully saturated rings. The molecule has 3 aromatic heterocycles. The van der Waals surface area contributed by atoms with Gasteiger partial charge in [-0.2, -0.15) is 10.2 Å². The van der Waals surface area contributed by atoms with E-state index < -0.39 is 0 Å². The highest BCUT2D eigenvalue weighted by Crippen LogP contribution is 2.27. The first-order chi connectivity index (χ1) is 13.3. The molecule has 4 heterocycles. The maximum absolute atomic E-state index is 12.3. The SMILES string of the molecule is Cn1ncc2c(N3CCC(Cn4nc(C(C)(C)C)ccc4=O)CC3)ncnc21. The maximum Gasteiger partial charge on any atom is 0.266 e. The Kier molecular flexibility index (Phi) is 4.64. The normalized spacial score (nSPS) is 16.1. The molecular weight excluding hydrogens is 354 g/mol. The van der Waals surface area contributed by atoms with E-state index in [1.807, 2.05) is 19.3 Å². The van der Waals surface area contributed by atoms with Gasteiger partial charge < -0.3 is 4.90 Å². The first-order valence-corrected chi connectivity index (χ1v) is 9.79. The summed E-state index contributed by atoms with van der Waals surface area (Å²) in [5.41, 5.74) is 1.70. The van der Waals surface area contributed by atoms with E-state index >= 15 is 0 Å². The second kappa shape index (κ2) is 7.00. The van der Waals surface area contributed by atoms with Gasteiger partial charge in [-0.3, -0.25) is 9.48 Å². The Morgan fingerprint density at radius 2 is 1.89 bits per heavy atom. The van der Waals surface area contributed by atoms with Crippen LogP contribution >= 0.6 is 0 Å². The minimum atomic E-state index is -0.0685. The van der Waals surface area contributed by atoms with Crippen molar-refractivity contribution >= 4 is 16.9 Å². The Balaban J connectivity index is 1.47. The van der Waals surface area contributed by atoms with Crippen LogP contribution < -0.4 is 10.5 Å². The highest BCUT2D eigenvalue weighted by atomic mass is 16.1. The molecule has 4 rings (SSSR count). The summed E-state index contributed by atoms with van der Waals surface area (Å²) in [5, 5.41) is 9.90. The van der Waals surface area contributed by atoms with E-state index in [9.17, 15) is 4.79 Å². The molecule has 0 aliphatic carbocycles. The molecule has 0 spiro atoms. The van der Waals surface area contributed by atoms with Crippen LogP contribution in [0.15, 0.2) is 29.5 Å². The summed E-state index contributed by atoms with van der Waals surface area (Å²) in [4.78, 5) is 23.4. The lowest BCUT2D eigenvalue weighted by molar-refractivity contribution is 0.330. The van der Waals surface area contributed by atoms with Crippen LogP contribution in [0.3, 0.4) is 0 Å². The summed E-state index contributed by atoms with van der Waals surface area (Å²) >= 11 is 0. The molecular formula is C20H27N7O. The molecule has 0 atom stereocenters. The molecule has 0 amide bonds. The third-order valence-electron chi connectivity index (χ3n) is 5.49. The van der Waals surface area contributed by atoms with E-state index in [2.05, 4.69) is 45.8 Å². The molecule has 8 heteroatoms. The van der Waals surface area contributed by atoms with Crippen LogP contribution in [0.2, 0.25) is 0 Å². The third-order valence-corrected chi connectivity index (χ3v) is 5.49. The minimum absolute atomic E-state index is 0.0247. The van der Waals surface area contributed by atoms with Crippen molar-refractivity contribution in [1.29, 1.82) is 0 Å². The van der Waals surface area contributed by atoms with Crippen molar-refractivity contribution in [3.05, 3.63) is 40.7 Å². The van der Waals surface area contributed by atoms with Crippen LogP contribution in [0.25, 0.3) is 11.0 Å². The number of rotatable bonds is 3. The molecule has 148 valence electrons. The van der Waals surface area contributed by atoms with Gasteiger partial charge in [-0.15, -0.1) is 0 Å². The highest BCUT2D eigenvalue weighted by molar-refractivity contribution is 5.86. The predicted octanol–water partition coefficient (Wildman–Crippen LogP) is 2.13. The van der Waals surface area contributed by atoms with Gasteiger partial charge in [0.2, 0.25) is 0 Å². The second-order valence-corrected chi connectivity index (χ2v) is 8.62. The van der Waals surface area contributed by atoms with Crippen molar-refractivity contribution in [2.75, 3.05) is 18.0 Å². The highest BCUT2D eigenvalue weighted by Gasteiger charge is 2.24. The number of hydrogen-bond acceptors (Lipinski definition) is 6. The number of fused-ring (bicyclic) bond motifs is 1. The number of nitrogens with zero attached hydrogens (tertiary/aromatic N) is 7. The summed E-state index contributed by atoms with van der Waals surface area (Å²) in [6, 6.07) is 3.48. The molecule has 0 aromatic carbocycles. The molecule has 0 saturated carbocycles. The van der Waals surface area contributed by atoms with Crippen LogP contribution in [0.1, 0.15) is 39.3 Å². The summed E-state index contributed by atoms with van der Waals surface area (Å²) in [7, 11) is 1.89. The molecule has 0 unspecified atom stereocenters. The van der Waals surface area contributed by atoms with Crippen molar-refractivity contribution in [1.82, 2.24) is 29.5 Å². The number of aromatic nitrogens is 6. The lowest BCUT2D eigenvalue weighted by atomic mass is 9.92. The van der Waals surface area contributed by atoms with Gasteiger partial charge in [0, 0.05) is 38.2 Å². The zero-order valence-corrected chi connectivity index (χ0v) is 17.0. The molecule has 0 N–H and O–H groups in total. The maximum atomic E-state index is 12.3. The minimum Gasteiger partial charge on any atom is -0.356 e. The summed E-state index contributed by atoms with van der Waals surface area (Å²) < 4.78 is 3.42. The standard InChI is InChI=1S/C20H27N7O/c1-20(2,3)16-5-6-17(28)27(24-16)12-14-7-9-26(10-8-14)19-15-11-23-25(4)18(15)21-13-22-19/h5-6,11,13-14H,7-10,12H2,1-4H3. The number of piperidine rings is 1. The van der Waals surface area contributed by atoms with Gasteiger partial charge in [0.05, 0.1) is 17.3 Å². The van der Waals surface area contributed by atoms with Crippen molar-refractivity contribution in [3.63, 3.8) is 0 Å². The number of aryl methyl sites for hydroxylation is 1. The van der Waals surface area contributed by atoms with E-state index in [0.29, 0.717) is 12.5 Å². The second-order valence-electron chi connectivity index (χ2n) is 8.62. The first-order valence-electron chi connectivity index (χ1n) is 9.79. The van der Waals surface area contributed by atoms with E-state index in [4.69, 9.17) is 0 Å². The Bertz CT molecular complexity index is 1040. The monoisotopic (exact) mass is 381 g/mol. The Morgan fingerprint density at radius 3 is 2.61 bits per heavy atom. The molecule has 8 nitrogen and oxygen atoms in total. The van der Waals surface area contributed by atoms with Crippen molar-refractivity contribution in [2.45, 2.75) is 45.6 Å². The van der Waals surface area contributed by atoms with Crippen LogP contribution in [0.5, 0.6) is 0 Å². The molecule has 28 heavy (non-hydrogen) atoms. The van der Waals surface area contributed by atoms with Gasteiger partial charge in [0.25, 0.3) is 5.56 Å². The Morgan fingerprint density at radius 1 is 1.14 bits per heavy atom. The largest absolute Gasteiger partial charge is 0.356 e. The Labute approximate surface area is 164 Å². The van der Waals surface area contributed by atoms with Gasteiger partial charge in [-0.25, -0.2) is 14.6 Å². The number of hydrogen-bond donors (Lipinski definition) is 0. The fourth-order valence-corrected chi connectivity index (χ4v) is 3.75. The van der Waals surface area contributed by atoms with Gasteiger partial charge >= 0.3 is 0 Å². The summed E-state index contributed by atoms with van der Waals surface area (Å²) in [6.07, 6.45) is 5.43. The molecule has 0 bridgehead atoms. The fraction of sp³-hybridized carbons (Fsp3) is 0.550. The molecule has 1 saturated heterocycles. The average Bonchev–Trinajstić information content (AvgIpc) is 3.05. The smallest absolute Gasteiger partial charge is 0.266 e. The zero-order valence-electron chi connectivity index (χ0n) is 17.0. The molecule has 1 aliphatic rings. The van der Waals surface area contributed by atoms with Crippen LogP contribution in [0.4, 0.5) is 5.82 Å². The first kappa shape index (κ1) is 18.6. The number of anilines is 1. The van der Waals surface area contributed by atoms with E-state index in [0.717, 1.165) is 48.5 Å². The van der Waals surface area contributed by atoms with E-state index in [1.165, 1.54) is 0 Å². The Hall–Kier alpha value is -2.77. The lowest BCUT2D eigenvalue weighted by Crippen LogP contribution is -2.37. The van der Waals surface area contributed by atoms with Crippen LogP contribution in [0, 0.1) is 5.92 Å². The lowest BCUT2D eigenvalue weighted by Gasteiger charge is -2.33. The van der Waals surface area contributed by atoms with Crippen molar-refractivity contribution in [3.8, 4) is 0 Å². The van der Waals surface area contributed by atoms with Crippen LogP contribution in [-0.2, 0) is 19.0 Å². The topological polar surface area (TPSA) is 81.7 Å². The van der Waals surface area contributed by atoms with E-state index in [-0.39, 0.29) is 11.0 Å². The predicted molar refractivity (Wildman–Crippen MR) is 108 cm³/mol. The molecule has 1 aliphatic heterocycles. The van der Waals surface area contributed by atoms with Gasteiger partial charge in [-0.1, -0.05) is 20.8 Å². The quantitative estimate of drug-likeness (QED) is 0.691. The summed E-state index contributed by atoms with van der Waals surface area (Å²) in [6.45, 7) is 8.82. The molecule has 3 aromatic rings. The van der Waals surface area contributed by atoms with Crippen LogP contribution in [-0.4, -0.2) is 42.6 Å². The third kappa shape index (κ3) is 3.50. The van der Waals surface area contributed by atoms with Gasteiger partial charge in [0.15, 0.2) is 5.65 Å². The summed E-state index contributed by atoms with van der Waals surface area (Å²) in [5.74, 6) is 1.38. The van der Waals surface area contributed by atoms with Gasteiger partial charge in [0.1, 0.15) is 12.1 Å². The molecule has 0 radical (unpaired) electrons. The zero-order chi connectivity index (χ0) is 19.9. The van der Waals surface area contributed by atoms with Crippen molar-refractivity contribution in [2.24, 2.45) is 13.0 Å². The fourth-order valence-electron chi connectivity index (χ4n) is 3.75. The van der Waals surface area contributed by atoms with E-state index in [1.54, 1.807) is 21.8 Å².